The molecule has 0 aliphatic rings. The Morgan fingerprint density at radius 3 is 2.33 bits per heavy atom. The molecule has 0 aromatic heterocycles. The van der Waals surface area contributed by atoms with Gasteiger partial charge in [-0.2, -0.15) is 0 Å². The Morgan fingerprint density at radius 1 is 1.42 bits per heavy atom. The maximum atomic E-state index is 5.47. The summed E-state index contributed by atoms with van der Waals surface area (Å²) >= 11 is 0. The van der Waals surface area contributed by atoms with Crippen LogP contribution in [0.3, 0.4) is 0 Å². The minimum Gasteiger partial charge on any atom is -0.404 e. The van der Waals surface area contributed by atoms with Crippen molar-refractivity contribution in [2.75, 3.05) is 6.67 Å². The lowest BCUT2D eigenvalue weighted by Crippen LogP contribution is -2.16. The molecule has 0 unspecified atom stereocenters. The van der Waals surface area contributed by atoms with Crippen molar-refractivity contribution in [3.63, 3.8) is 0 Å². The Morgan fingerprint density at radius 2 is 2.00 bits per heavy atom. The summed E-state index contributed by atoms with van der Waals surface area (Å²) in [5, 5.41) is 2.89. The van der Waals surface area contributed by atoms with E-state index in [2.05, 4.69) is 26.1 Å². The highest BCUT2D eigenvalue weighted by atomic mass is 14.9. The fourth-order valence-corrected chi connectivity index (χ4v) is 0.772. The molecule has 0 heterocycles. The van der Waals surface area contributed by atoms with Gasteiger partial charge in [0.15, 0.2) is 0 Å². The SMILES string of the molecule is CC(C)(C)C(/C=C/NCN)=C/N. The van der Waals surface area contributed by atoms with E-state index in [1.165, 1.54) is 0 Å². The maximum Gasteiger partial charge on any atom is 0.0622 e. The van der Waals surface area contributed by atoms with E-state index in [0.717, 1.165) is 5.57 Å². The lowest BCUT2D eigenvalue weighted by atomic mass is 9.87. The largest absolute Gasteiger partial charge is 0.404 e. The van der Waals surface area contributed by atoms with Crippen LogP contribution in [0.1, 0.15) is 20.8 Å². The molecule has 0 aliphatic heterocycles. The second kappa shape index (κ2) is 4.83. The topological polar surface area (TPSA) is 64.1 Å². The number of hydrogen-bond acceptors (Lipinski definition) is 3. The molecule has 0 aromatic rings. The zero-order valence-electron chi connectivity index (χ0n) is 8.09. The third-order valence-electron chi connectivity index (χ3n) is 1.54. The van der Waals surface area contributed by atoms with Crippen LogP contribution in [0.5, 0.6) is 0 Å². The molecule has 0 radical (unpaired) electrons. The van der Waals surface area contributed by atoms with Gasteiger partial charge in [0.05, 0.1) is 6.67 Å². The lowest BCUT2D eigenvalue weighted by Gasteiger charge is -2.19. The number of allylic oxidation sites excluding steroid dienone is 2. The van der Waals surface area contributed by atoms with Crippen molar-refractivity contribution in [1.29, 1.82) is 0 Å². The van der Waals surface area contributed by atoms with Gasteiger partial charge in [-0.3, -0.25) is 0 Å². The van der Waals surface area contributed by atoms with Crippen LogP contribution in [0, 0.1) is 5.41 Å². The van der Waals surface area contributed by atoms with Crippen LogP contribution in [0.15, 0.2) is 24.0 Å². The highest BCUT2D eigenvalue weighted by Gasteiger charge is 2.13. The highest BCUT2D eigenvalue weighted by molar-refractivity contribution is 5.23. The first kappa shape index (κ1) is 11.0. The summed E-state index contributed by atoms with van der Waals surface area (Å²) in [4.78, 5) is 0. The smallest absolute Gasteiger partial charge is 0.0622 e. The number of rotatable bonds is 3. The third-order valence-corrected chi connectivity index (χ3v) is 1.54. The maximum absolute atomic E-state index is 5.47. The molecule has 5 N–H and O–H groups in total. The Bertz CT molecular complexity index is 175. The quantitative estimate of drug-likeness (QED) is 0.434. The fourth-order valence-electron chi connectivity index (χ4n) is 0.772. The number of nitrogens with two attached hydrogens (primary N) is 2. The fraction of sp³-hybridized carbons (Fsp3) is 0.556. The molecule has 70 valence electrons. The molecule has 0 amide bonds. The van der Waals surface area contributed by atoms with Crippen molar-refractivity contribution in [2.45, 2.75) is 20.8 Å². The molecule has 0 aliphatic carbocycles. The van der Waals surface area contributed by atoms with Crippen molar-refractivity contribution >= 4 is 0 Å². The molecule has 0 spiro atoms. The molecule has 0 fully saturated rings. The molecule has 0 aromatic carbocycles. The summed E-state index contributed by atoms with van der Waals surface area (Å²) in [6.07, 6.45) is 5.37. The number of nitrogens with one attached hydrogen (secondary N) is 1. The molecule has 0 saturated heterocycles. The normalized spacial score (nSPS) is 13.8. The van der Waals surface area contributed by atoms with Crippen molar-refractivity contribution in [3.8, 4) is 0 Å². The molecule has 0 atom stereocenters. The first-order valence-electron chi connectivity index (χ1n) is 4.04. The average molecular weight is 169 g/mol. The first-order chi connectivity index (χ1) is 5.52. The van der Waals surface area contributed by atoms with Crippen molar-refractivity contribution < 1.29 is 0 Å². The molecule has 0 rings (SSSR count). The minimum absolute atomic E-state index is 0.0848. The first-order valence-corrected chi connectivity index (χ1v) is 4.04. The Hall–Kier alpha value is -0.960. The summed E-state index contributed by atoms with van der Waals surface area (Å²) < 4.78 is 0. The van der Waals surface area contributed by atoms with E-state index < -0.39 is 0 Å². The van der Waals surface area contributed by atoms with Crippen LogP contribution < -0.4 is 16.8 Å². The minimum atomic E-state index is 0.0848. The van der Waals surface area contributed by atoms with Gasteiger partial charge in [0, 0.05) is 0 Å². The second-order valence-corrected chi connectivity index (χ2v) is 3.61. The summed E-state index contributed by atoms with van der Waals surface area (Å²) in [6, 6.07) is 0. The zero-order valence-corrected chi connectivity index (χ0v) is 8.09. The van der Waals surface area contributed by atoms with Gasteiger partial charge < -0.3 is 16.8 Å². The second-order valence-electron chi connectivity index (χ2n) is 3.61. The van der Waals surface area contributed by atoms with Crippen LogP contribution in [-0.4, -0.2) is 6.67 Å². The predicted molar refractivity (Wildman–Crippen MR) is 53.1 cm³/mol. The monoisotopic (exact) mass is 169 g/mol. The Labute approximate surface area is 74.5 Å². The molecule has 12 heavy (non-hydrogen) atoms. The standard InChI is InChI=1S/C9H19N3/c1-9(2,3)8(6-10)4-5-12-7-11/h4-6,12H,7,10-11H2,1-3H3/b5-4+,8-6+. The van der Waals surface area contributed by atoms with Crippen LogP contribution in [-0.2, 0) is 0 Å². The van der Waals surface area contributed by atoms with E-state index in [9.17, 15) is 0 Å². The van der Waals surface area contributed by atoms with Gasteiger partial charge in [-0.1, -0.05) is 20.8 Å². The van der Waals surface area contributed by atoms with Crippen molar-refractivity contribution in [3.05, 3.63) is 24.0 Å². The molecule has 0 saturated carbocycles. The molecular formula is C9H19N3. The van der Waals surface area contributed by atoms with Gasteiger partial charge in [0.2, 0.25) is 0 Å². The third kappa shape index (κ3) is 4.03. The van der Waals surface area contributed by atoms with E-state index in [0.29, 0.717) is 6.67 Å². The Kier molecular flexibility index (Phi) is 4.44. The molecule has 3 heteroatoms. The predicted octanol–water partition coefficient (Wildman–Crippen LogP) is 0.895. The van der Waals surface area contributed by atoms with E-state index in [-0.39, 0.29) is 5.41 Å². The molecular weight excluding hydrogens is 150 g/mol. The van der Waals surface area contributed by atoms with Gasteiger partial charge in [0.25, 0.3) is 0 Å². The summed E-state index contributed by atoms with van der Waals surface area (Å²) in [6.45, 7) is 6.77. The average Bonchev–Trinajstić information content (AvgIpc) is 1.95. The van der Waals surface area contributed by atoms with E-state index >= 15 is 0 Å². The summed E-state index contributed by atoms with van der Waals surface area (Å²) in [5.74, 6) is 0. The molecule has 0 bridgehead atoms. The number of hydrogen-bond donors (Lipinski definition) is 3. The van der Waals surface area contributed by atoms with Gasteiger partial charge in [0.1, 0.15) is 0 Å². The van der Waals surface area contributed by atoms with E-state index in [1.54, 1.807) is 6.20 Å². The highest BCUT2D eigenvalue weighted by Crippen LogP contribution is 2.24. The zero-order chi connectivity index (χ0) is 9.61. The van der Waals surface area contributed by atoms with Crippen molar-refractivity contribution in [1.82, 2.24) is 5.32 Å². The van der Waals surface area contributed by atoms with Gasteiger partial charge in [-0.05, 0) is 29.5 Å². The van der Waals surface area contributed by atoms with Crippen LogP contribution in [0.4, 0.5) is 0 Å². The summed E-state index contributed by atoms with van der Waals surface area (Å²) in [7, 11) is 0. The summed E-state index contributed by atoms with van der Waals surface area (Å²) in [5.41, 5.74) is 11.9. The van der Waals surface area contributed by atoms with Crippen molar-refractivity contribution in [2.24, 2.45) is 16.9 Å². The van der Waals surface area contributed by atoms with E-state index in [4.69, 9.17) is 11.5 Å². The lowest BCUT2D eigenvalue weighted by molar-refractivity contribution is 0.515. The van der Waals surface area contributed by atoms with Crippen LogP contribution >= 0.6 is 0 Å². The Balaban J connectivity index is 4.21. The van der Waals surface area contributed by atoms with Gasteiger partial charge >= 0.3 is 0 Å². The van der Waals surface area contributed by atoms with Crippen LogP contribution in [0.25, 0.3) is 0 Å². The van der Waals surface area contributed by atoms with Gasteiger partial charge in [-0.25, -0.2) is 0 Å². The van der Waals surface area contributed by atoms with E-state index in [1.807, 2.05) is 12.3 Å². The van der Waals surface area contributed by atoms with Crippen LogP contribution in [0.2, 0.25) is 0 Å². The van der Waals surface area contributed by atoms with Gasteiger partial charge in [-0.15, -0.1) is 0 Å². The molecule has 3 nitrogen and oxygen atoms in total.